The van der Waals surface area contributed by atoms with Crippen molar-refractivity contribution in [2.45, 2.75) is 0 Å². The molecule has 31 heavy (non-hydrogen) atoms. The largest absolute Gasteiger partial charge is 0.497 e. The maximum absolute atomic E-state index is 13.4. The number of amides is 1. The second-order valence-electron chi connectivity index (χ2n) is 6.69. The molecule has 4 rings (SSSR count). The Morgan fingerprint density at radius 3 is 2.39 bits per heavy atom. The van der Waals surface area contributed by atoms with Gasteiger partial charge in [-0.1, -0.05) is 29.8 Å². The van der Waals surface area contributed by atoms with Crippen LogP contribution in [0.2, 0.25) is 5.02 Å². The van der Waals surface area contributed by atoms with Gasteiger partial charge in [0.15, 0.2) is 0 Å². The van der Waals surface area contributed by atoms with E-state index in [2.05, 4.69) is 5.32 Å². The zero-order valence-electron chi connectivity index (χ0n) is 16.8. The van der Waals surface area contributed by atoms with E-state index in [1.54, 1.807) is 66.7 Å². The highest BCUT2D eigenvalue weighted by atomic mass is 35.5. The second-order valence-corrected chi connectivity index (χ2v) is 7.13. The lowest BCUT2D eigenvalue weighted by Gasteiger charge is -2.12. The summed E-state index contributed by atoms with van der Waals surface area (Å²) in [7, 11) is 3.05. The third-order valence-corrected chi connectivity index (χ3v) is 5.00. The highest BCUT2D eigenvalue weighted by Crippen LogP contribution is 2.32. The van der Waals surface area contributed by atoms with Crippen LogP contribution in [0.4, 0.5) is 5.88 Å². The molecule has 0 aliphatic carbocycles. The minimum Gasteiger partial charge on any atom is -0.497 e. The molecule has 1 N–H and O–H groups in total. The summed E-state index contributed by atoms with van der Waals surface area (Å²) in [6.45, 7) is 0. The van der Waals surface area contributed by atoms with Crippen LogP contribution in [0.15, 0.2) is 75.9 Å². The first-order chi connectivity index (χ1) is 15.0. The van der Waals surface area contributed by atoms with Gasteiger partial charge in [0.25, 0.3) is 5.91 Å². The molecule has 1 heterocycles. The molecular weight excluding hydrogens is 418 g/mol. The predicted octanol–water partition coefficient (Wildman–Crippen LogP) is 5.38. The molecule has 0 unspecified atom stereocenters. The molecule has 1 amide bonds. The minimum atomic E-state index is -0.445. The molecule has 0 saturated heterocycles. The Hall–Kier alpha value is -3.77. The summed E-state index contributed by atoms with van der Waals surface area (Å²) in [5.41, 5.74) is 1.08. The molecule has 7 heteroatoms. The SMILES string of the molecule is COc1cccc(C(=O)Nc2oc3ccc(Cl)cc3c(=O)c2-c2cccc(OC)c2)c1. The fraction of sp³-hybridized carbons (Fsp3) is 0.0833. The van der Waals surface area contributed by atoms with Gasteiger partial charge in [0.2, 0.25) is 11.3 Å². The lowest BCUT2D eigenvalue weighted by atomic mass is 10.0. The van der Waals surface area contributed by atoms with Crippen LogP contribution in [0.1, 0.15) is 10.4 Å². The number of methoxy groups -OCH3 is 2. The molecule has 156 valence electrons. The molecule has 0 saturated carbocycles. The lowest BCUT2D eigenvalue weighted by Crippen LogP contribution is -2.16. The summed E-state index contributed by atoms with van der Waals surface area (Å²) in [5, 5.41) is 3.44. The van der Waals surface area contributed by atoms with Gasteiger partial charge in [-0.3, -0.25) is 14.9 Å². The predicted molar refractivity (Wildman–Crippen MR) is 120 cm³/mol. The van der Waals surface area contributed by atoms with Crippen molar-refractivity contribution in [1.82, 2.24) is 0 Å². The number of hydrogen-bond donors (Lipinski definition) is 1. The average molecular weight is 436 g/mol. The van der Waals surface area contributed by atoms with Gasteiger partial charge in [-0.05, 0) is 54.1 Å². The van der Waals surface area contributed by atoms with Crippen LogP contribution < -0.4 is 20.2 Å². The summed E-state index contributed by atoms with van der Waals surface area (Å²) >= 11 is 6.09. The first kappa shape index (κ1) is 20.5. The Labute approximate surface area is 183 Å². The quantitative estimate of drug-likeness (QED) is 0.455. The van der Waals surface area contributed by atoms with Gasteiger partial charge in [-0.2, -0.15) is 0 Å². The van der Waals surface area contributed by atoms with Gasteiger partial charge in [0.1, 0.15) is 17.1 Å². The monoisotopic (exact) mass is 435 g/mol. The molecule has 0 radical (unpaired) electrons. The van der Waals surface area contributed by atoms with Gasteiger partial charge in [-0.25, -0.2) is 0 Å². The average Bonchev–Trinajstić information content (AvgIpc) is 2.80. The van der Waals surface area contributed by atoms with Crippen molar-refractivity contribution >= 4 is 34.4 Å². The van der Waals surface area contributed by atoms with E-state index in [0.717, 1.165) is 0 Å². The van der Waals surface area contributed by atoms with Gasteiger partial charge < -0.3 is 13.9 Å². The van der Waals surface area contributed by atoms with Crippen LogP contribution in [0, 0.1) is 0 Å². The summed E-state index contributed by atoms with van der Waals surface area (Å²) < 4.78 is 16.4. The highest BCUT2D eigenvalue weighted by Gasteiger charge is 2.20. The van der Waals surface area contributed by atoms with Crippen LogP contribution in [0.3, 0.4) is 0 Å². The molecule has 4 aromatic rings. The molecule has 0 aliphatic heterocycles. The molecule has 3 aromatic carbocycles. The number of benzene rings is 3. The van der Waals surface area contributed by atoms with Crippen LogP contribution in [0.5, 0.6) is 11.5 Å². The number of ether oxygens (including phenoxy) is 2. The van der Waals surface area contributed by atoms with E-state index in [4.69, 9.17) is 25.5 Å². The summed E-state index contributed by atoms with van der Waals surface area (Å²) in [5.74, 6) is 0.684. The zero-order chi connectivity index (χ0) is 22.0. The standard InChI is InChI=1S/C24H18ClNO5/c1-29-17-7-3-5-14(11-17)21-22(27)19-13-16(25)9-10-20(19)31-24(21)26-23(28)15-6-4-8-18(12-15)30-2/h3-13H,1-2H3,(H,26,28). The van der Waals surface area contributed by atoms with E-state index < -0.39 is 5.91 Å². The fourth-order valence-electron chi connectivity index (χ4n) is 3.24. The number of anilines is 1. The maximum Gasteiger partial charge on any atom is 0.258 e. The first-order valence-electron chi connectivity index (χ1n) is 9.36. The van der Waals surface area contributed by atoms with Crippen LogP contribution >= 0.6 is 11.6 Å². The normalized spacial score (nSPS) is 10.7. The van der Waals surface area contributed by atoms with Crippen molar-refractivity contribution in [2.75, 3.05) is 19.5 Å². The van der Waals surface area contributed by atoms with E-state index in [1.807, 2.05) is 0 Å². The van der Waals surface area contributed by atoms with Gasteiger partial charge in [-0.15, -0.1) is 0 Å². The summed E-state index contributed by atoms with van der Waals surface area (Å²) in [4.78, 5) is 26.3. The van der Waals surface area contributed by atoms with Crippen molar-refractivity contribution in [3.8, 4) is 22.6 Å². The van der Waals surface area contributed by atoms with Gasteiger partial charge in [0, 0.05) is 10.6 Å². The molecule has 0 atom stereocenters. The third-order valence-electron chi connectivity index (χ3n) is 4.77. The Balaban J connectivity index is 1.89. The van der Waals surface area contributed by atoms with Gasteiger partial charge >= 0.3 is 0 Å². The molecule has 0 bridgehead atoms. The number of carbonyl (C=O) groups excluding carboxylic acids is 1. The number of fused-ring (bicyclic) bond motifs is 1. The summed E-state index contributed by atoms with van der Waals surface area (Å²) in [6.07, 6.45) is 0. The van der Waals surface area contributed by atoms with Crippen LogP contribution in [-0.4, -0.2) is 20.1 Å². The molecule has 1 aromatic heterocycles. The van der Waals surface area contributed by atoms with Crippen molar-refractivity contribution in [3.63, 3.8) is 0 Å². The number of hydrogen-bond acceptors (Lipinski definition) is 5. The zero-order valence-corrected chi connectivity index (χ0v) is 17.5. The van der Waals surface area contributed by atoms with E-state index in [9.17, 15) is 9.59 Å². The van der Waals surface area contributed by atoms with E-state index in [1.165, 1.54) is 14.2 Å². The summed E-state index contributed by atoms with van der Waals surface area (Å²) in [6, 6.07) is 18.4. The minimum absolute atomic E-state index is 0.0286. The van der Waals surface area contributed by atoms with Crippen molar-refractivity contribution in [2.24, 2.45) is 0 Å². The van der Waals surface area contributed by atoms with Crippen LogP contribution in [-0.2, 0) is 0 Å². The Morgan fingerprint density at radius 2 is 1.65 bits per heavy atom. The van der Waals surface area contributed by atoms with Crippen molar-refractivity contribution in [3.05, 3.63) is 87.5 Å². The molecule has 6 nitrogen and oxygen atoms in total. The highest BCUT2D eigenvalue weighted by molar-refractivity contribution is 6.31. The van der Waals surface area contributed by atoms with E-state index in [-0.39, 0.29) is 16.9 Å². The van der Waals surface area contributed by atoms with Crippen LogP contribution in [0.25, 0.3) is 22.1 Å². The van der Waals surface area contributed by atoms with Gasteiger partial charge in [0.05, 0.1) is 25.2 Å². The fourth-order valence-corrected chi connectivity index (χ4v) is 3.41. The topological polar surface area (TPSA) is 77.8 Å². The van der Waals surface area contributed by atoms with Crippen molar-refractivity contribution in [1.29, 1.82) is 0 Å². The third kappa shape index (κ3) is 4.11. The number of carbonyl (C=O) groups is 1. The van der Waals surface area contributed by atoms with Crippen molar-refractivity contribution < 1.29 is 18.7 Å². The second kappa shape index (κ2) is 8.53. The maximum atomic E-state index is 13.4. The lowest BCUT2D eigenvalue weighted by molar-refractivity contribution is 0.102. The Bertz CT molecular complexity index is 1350. The first-order valence-corrected chi connectivity index (χ1v) is 9.74. The number of halogens is 1. The van der Waals surface area contributed by atoms with E-state index >= 15 is 0 Å². The number of rotatable bonds is 5. The molecule has 0 spiro atoms. The molecule has 0 fully saturated rings. The smallest absolute Gasteiger partial charge is 0.258 e. The Kier molecular flexibility index (Phi) is 5.64. The Morgan fingerprint density at radius 1 is 0.935 bits per heavy atom. The molecule has 0 aliphatic rings. The van der Waals surface area contributed by atoms with E-state index in [0.29, 0.717) is 38.6 Å². The number of nitrogens with one attached hydrogen (secondary N) is 1. The molecular formula is C24H18ClNO5.